The SMILES string of the molecule is CCOc1ccc(-c2nc(CC(=O)NCc3noc(=O)[nH]3)cs2)cc1. The minimum atomic E-state index is -0.649. The van der Waals surface area contributed by atoms with Crippen LogP contribution in [0.5, 0.6) is 5.75 Å². The molecule has 0 radical (unpaired) electrons. The van der Waals surface area contributed by atoms with Crippen molar-refractivity contribution in [2.45, 2.75) is 19.9 Å². The van der Waals surface area contributed by atoms with Crippen LogP contribution in [0, 0.1) is 0 Å². The number of carbonyl (C=O) groups excluding carboxylic acids is 1. The van der Waals surface area contributed by atoms with Crippen molar-refractivity contribution in [2.75, 3.05) is 6.61 Å². The van der Waals surface area contributed by atoms with E-state index < -0.39 is 5.76 Å². The molecule has 0 spiro atoms. The lowest BCUT2D eigenvalue weighted by molar-refractivity contribution is -0.120. The first-order chi connectivity index (χ1) is 12.1. The normalized spacial score (nSPS) is 10.6. The van der Waals surface area contributed by atoms with Crippen molar-refractivity contribution < 1.29 is 14.1 Å². The Morgan fingerprint density at radius 2 is 2.16 bits per heavy atom. The minimum absolute atomic E-state index is 0.0977. The summed E-state index contributed by atoms with van der Waals surface area (Å²) < 4.78 is 9.77. The van der Waals surface area contributed by atoms with E-state index in [-0.39, 0.29) is 24.7 Å². The predicted molar refractivity (Wildman–Crippen MR) is 91.4 cm³/mol. The standard InChI is InChI=1S/C16H16N4O4S/c1-2-23-12-5-3-10(4-6-12)15-18-11(9-25-15)7-14(21)17-8-13-19-16(22)24-20-13/h3-6,9H,2,7-8H2,1H3,(H,17,21)(H,19,20,22). The summed E-state index contributed by atoms with van der Waals surface area (Å²) in [5.74, 6) is 0.219. The summed E-state index contributed by atoms with van der Waals surface area (Å²) in [5, 5.41) is 8.82. The number of ether oxygens (including phenoxy) is 1. The number of hydrogen-bond donors (Lipinski definition) is 2. The molecule has 130 valence electrons. The summed E-state index contributed by atoms with van der Waals surface area (Å²) in [6, 6.07) is 7.67. The third-order valence-corrected chi connectivity index (χ3v) is 4.18. The van der Waals surface area contributed by atoms with Gasteiger partial charge in [-0.3, -0.25) is 14.3 Å². The molecule has 0 unspecified atom stereocenters. The number of nitrogens with zero attached hydrogens (tertiary/aromatic N) is 2. The molecule has 0 saturated carbocycles. The fourth-order valence-electron chi connectivity index (χ4n) is 2.13. The lowest BCUT2D eigenvalue weighted by atomic mass is 10.2. The van der Waals surface area contributed by atoms with Crippen LogP contribution in [0.2, 0.25) is 0 Å². The van der Waals surface area contributed by atoms with Gasteiger partial charge in [0.15, 0.2) is 5.82 Å². The summed E-state index contributed by atoms with van der Waals surface area (Å²) in [6.07, 6.45) is 0.148. The smallest absolute Gasteiger partial charge is 0.438 e. The van der Waals surface area contributed by atoms with Gasteiger partial charge in [0.2, 0.25) is 5.91 Å². The van der Waals surface area contributed by atoms with E-state index >= 15 is 0 Å². The first kappa shape index (κ1) is 16.9. The molecule has 0 fully saturated rings. The molecule has 0 aliphatic carbocycles. The van der Waals surface area contributed by atoms with Gasteiger partial charge in [0.05, 0.1) is 25.3 Å². The fourth-order valence-corrected chi connectivity index (χ4v) is 2.95. The van der Waals surface area contributed by atoms with Crippen molar-refractivity contribution in [3.05, 3.63) is 51.7 Å². The second kappa shape index (κ2) is 7.75. The van der Waals surface area contributed by atoms with E-state index in [2.05, 4.69) is 25.0 Å². The average Bonchev–Trinajstić information content (AvgIpc) is 3.23. The molecule has 0 aliphatic rings. The molecule has 1 aromatic carbocycles. The number of aromatic amines is 1. The first-order valence-electron chi connectivity index (χ1n) is 7.63. The van der Waals surface area contributed by atoms with E-state index in [0.29, 0.717) is 12.3 Å². The lowest BCUT2D eigenvalue weighted by Crippen LogP contribution is -2.25. The van der Waals surface area contributed by atoms with Crippen LogP contribution in [-0.4, -0.2) is 27.6 Å². The first-order valence-corrected chi connectivity index (χ1v) is 8.51. The molecule has 0 aliphatic heterocycles. The number of H-pyrrole nitrogens is 1. The van der Waals surface area contributed by atoms with Crippen LogP contribution in [0.3, 0.4) is 0 Å². The molecule has 9 heteroatoms. The predicted octanol–water partition coefficient (Wildman–Crippen LogP) is 1.74. The number of aromatic nitrogens is 3. The number of thiazole rings is 1. The Bertz CT molecular complexity index is 897. The van der Waals surface area contributed by atoms with Gasteiger partial charge >= 0.3 is 5.76 Å². The van der Waals surface area contributed by atoms with Crippen LogP contribution in [0.1, 0.15) is 18.4 Å². The van der Waals surface area contributed by atoms with Gasteiger partial charge in [-0.1, -0.05) is 5.16 Å². The summed E-state index contributed by atoms with van der Waals surface area (Å²) in [6.45, 7) is 2.66. The van der Waals surface area contributed by atoms with Crippen molar-refractivity contribution >= 4 is 17.2 Å². The molecule has 3 aromatic rings. The molecule has 2 N–H and O–H groups in total. The third-order valence-electron chi connectivity index (χ3n) is 3.24. The van der Waals surface area contributed by atoms with E-state index in [1.54, 1.807) is 0 Å². The van der Waals surface area contributed by atoms with Crippen molar-refractivity contribution in [3.63, 3.8) is 0 Å². The molecule has 0 atom stereocenters. The number of carbonyl (C=O) groups is 1. The highest BCUT2D eigenvalue weighted by Crippen LogP contribution is 2.25. The Balaban J connectivity index is 1.57. The summed E-state index contributed by atoms with van der Waals surface area (Å²) >= 11 is 1.47. The molecule has 0 saturated heterocycles. The maximum absolute atomic E-state index is 11.9. The van der Waals surface area contributed by atoms with Crippen molar-refractivity contribution in [2.24, 2.45) is 0 Å². The van der Waals surface area contributed by atoms with Gasteiger partial charge in [0.25, 0.3) is 0 Å². The summed E-state index contributed by atoms with van der Waals surface area (Å²) in [7, 11) is 0. The number of hydrogen-bond acceptors (Lipinski definition) is 7. The molecule has 0 bridgehead atoms. The third kappa shape index (κ3) is 4.54. The summed E-state index contributed by atoms with van der Waals surface area (Å²) in [5.41, 5.74) is 1.65. The highest BCUT2D eigenvalue weighted by Gasteiger charge is 2.10. The van der Waals surface area contributed by atoms with Crippen molar-refractivity contribution in [1.29, 1.82) is 0 Å². The maximum atomic E-state index is 11.9. The van der Waals surface area contributed by atoms with Crippen LogP contribution in [-0.2, 0) is 17.8 Å². The molecular weight excluding hydrogens is 344 g/mol. The quantitative estimate of drug-likeness (QED) is 0.664. The van der Waals surface area contributed by atoms with Crippen molar-refractivity contribution in [3.8, 4) is 16.3 Å². The van der Waals surface area contributed by atoms with Gasteiger partial charge in [0.1, 0.15) is 10.8 Å². The lowest BCUT2D eigenvalue weighted by Gasteiger charge is -2.03. The van der Waals surface area contributed by atoms with E-state index in [1.165, 1.54) is 11.3 Å². The average molecular weight is 360 g/mol. The zero-order valence-corrected chi connectivity index (χ0v) is 14.3. The molecule has 8 nitrogen and oxygen atoms in total. The molecule has 3 rings (SSSR count). The van der Waals surface area contributed by atoms with E-state index in [0.717, 1.165) is 16.3 Å². The fraction of sp³-hybridized carbons (Fsp3) is 0.250. The van der Waals surface area contributed by atoms with Crippen LogP contribution < -0.4 is 15.8 Å². The second-order valence-corrected chi connectivity index (χ2v) is 5.95. The minimum Gasteiger partial charge on any atom is -0.494 e. The molecule has 2 aromatic heterocycles. The zero-order chi connectivity index (χ0) is 17.6. The molecule has 25 heavy (non-hydrogen) atoms. The number of benzene rings is 1. The Morgan fingerprint density at radius 1 is 1.36 bits per heavy atom. The van der Waals surface area contributed by atoms with Crippen LogP contribution >= 0.6 is 11.3 Å². The van der Waals surface area contributed by atoms with Gasteiger partial charge in [-0.05, 0) is 31.2 Å². The van der Waals surface area contributed by atoms with Crippen LogP contribution in [0.25, 0.3) is 10.6 Å². The van der Waals surface area contributed by atoms with Gasteiger partial charge < -0.3 is 10.1 Å². The highest BCUT2D eigenvalue weighted by molar-refractivity contribution is 7.13. The maximum Gasteiger partial charge on any atom is 0.438 e. The van der Waals surface area contributed by atoms with Crippen LogP contribution in [0.15, 0.2) is 39.0 Å². The van der Waals surface area contributed by atoms with Gasteiger partial charge in [-0.2, -0.15) is 0 Å². The largest absolute Gasteiger partial charge is 0.494 e. The van der Waals surface area contributed by atoms with Gasteiger partial charge in [-0.25, -0.2) is 9.78 Å². The van der Waals surface area contributed by atoms with E-state index in [9.17, 15) is 9.59 Å². The number of amides is 1. The van der Waals surface area contributed by atoms with E-state index in [4.69, 9.17) is 4.74 Å². The van der Waals surface area contributed by atoms with Crippen LogP contribution in [0.4, 0.5) is 0 Å². The van der Waals surface area contributed by atoms with E-state index in [1.807, 2.05) is 36.6 Å². The Morgan fingerprint density at radius 3 is 2.84 bits per heavy atom. The monoisotopic (exact) mass is 360 g/mol. The Labute approximate surface area is 146 Å². The second-order valence-electron chi connectivity index (χ2n) is 5.10. The Kier molecular flexibility index (Phi) is 5.24. The molecule has 1 amide bonds. The molecule has 2 heterocycles. The highest BCUT2D eigenvalue weighted by atomic mass is 32.1. The summed E-state index contributed by atoms with van der Waals surface area (Å²) in [4.78, 5) is 29.6. The van der Waals surface area contributed by atoms with Gasteiger partial charge in [0, 0.05) is 10.9 Å². The number of rotatable bonds is 7. The number of nitrogens with one attached hydrogen (secondary N) is 2. The Hall–Kier alpha value is -2.94. The van der Waals surface area contributed by atoms with Gasteiger partial charge in [-0.15, -0.1) is 11.3 Å². The molecular formula is C16H16N4O4S. The van der Waals surface area contributed by atoms with Crippen molar-refractivity contribution in [1.82, 2.24) is 20.4 Å². The zero-order valence-electron chi connectivity index (χ0n) is 13.4. The topological polar surface area (TPSA) is 110 Å².